The van der Waals surface area contributed by atoms with Gasteiger partial charge in [0.25, 0.3) is 0 Å². The van der Waals surface area contributed by atoms with Gasteiger partial charge in [0.1, 0.15) is 5.75 Å². The van der Waals surface area contributed by atoms with Crippen molar-refractivity contribution >= 4 is 17.2 Å². The van der Waals surface area contributed by atoms with Crippen molar-refractivity contribution in [3.05, 3.63) is 46.9 Å². The van der Waals surface area contributed by atoms with Gasteiger partial charge in [-0.2, -0.15) is 0 Å². The first-order chi connectivity index (χ1) is 11.1. The second kappa shape index (κ2) is 6.32. The molecule has 0 bridgehead atoms. The molecule has 1 atom stereocenters. The highest BCUT2D eigenvalue weighted by atomic mass is 32.1. The van der Waals surface area contributed by atoms with E-state index in [-0.39, 0.29) is 16.7 Å². The average Bonchev–Trinajstić information content (AvgIpc) is 2.92. The van der Waals surface area contributed by atoms with E-state index in [1.807, 2.05) is 23.6 Å². The van der Waals surface area contributed by atoms with Crippen molar-refractivity contribution < 1.29 is 9.53 Å². The van der Waals surface area contributed by atoms with E-state index in [0.29, 0.717) is 13.2 Å². The quantitative estimate of drug-likeness (QED) is 0.792. The summed E-state index contributed by atoms with van der Waals surface area (Å²) in [7, 11) is 0. The van der Waals surface area contributed by atoms with Crippen molar-refractivity contribution in [2.75, 3.05) is 13.2 Å². The summed E-state index contributed by atoms with van der Waals surface area (Å²) in [5, 5.41) is 5.13. The van der Waals surface area contributed by atoms with Gasteiger partial charge in [-0.05, 0) is 41.8 Å². The number of carbonyl (C=O) groups excluding carboxylic acids is 1. The molecule has 23 heavy (non-hydrogen) atoms. The number of nitrogens with one attached hydrogen (secondary N) is 1. The fourth-order valence-corrected chi connectivity index (χ4v) is 4.21. The highest BCUT2D eigenvalue weighted by molar-refractivity contribution is 7.10. The monoisotopic (exact) mass is 330 g/mol. The number of ether oxygens (including phenoxy) is 1. The molecule has 1 saturated carbocycles. The Balaban J connectivity index is 1.48. The van der Waals surface area contributed by atoms with Crippen LogP contribution in [0.15, 0.2) is 42.0 Å². The molecule has 4 nitrogen and oxygen atoms in total. The minimum absolute atomic E-state index is 0.0359. The van der Waals surface area contributed by atoms with Crippen LogP contribution in [0.1, 0.15) is 31.6 Å². The van der Waals surface area contributed by atoms with E-state index in [1.54, 1.807) is 23.7 Å². The van der Waals surface area contributed by atoms with Crippen LogP contribution in [0.25, 0.3) is 0 Å². The fourth-order valence-electron chi connectivity index (χ4n) is 3.11. The Morgan fingerprint density at radius 1 is 1.39 bits per heavy atom. The van der Waals surface area contributed by atoms with E-state index in [4.69, 9.17) is 4.74 Å². The van der Waals surface area contributed by atoms with E-state index in [2.05, 4.69) is 30.2 Å². The molecule has 0 saturated heterocycles. The third kappa shape index (κ3) is 3.11. The summed E-state index contributed by atoms with van der Waals surface area (Å²) >= 11 is 1.67. The molecule has 1 N–H and O–H groups in total. The zero-order chi connectivity index (χ0) is 16.3. The molecule has 122 valence electrons. The summed E-state index contributed by atoms with van der Waals surface area (Å²) in [6.07, 6.45) is 5.10. The lowest BCUT2D eigenvalue weighted by Crippen LogP contribution is -2.38. The van der Waals surface area contributed by atoms with Crippen molar-refractivity contribution in [3.63, 3.8) is 0 Å². The summed E-state index contributed by atoms with van der Waals surface area (Å²) in [5.41, 5.74) is -0.306. The smallest absolute Gasteiger partial charge is 0.232 e. The van der Waals surface area contributed by atoms with Crippen LogP contribution in [0.2, 0.25) is 0 Å². The van der Waals surface area contributed by atoms with Gasteiger partial charge in [-0.1, -0.05) is 19.9 Å². The number of rotatable bonds is 7. The lowest BCUT2D eigenvalue weighted by atomic mass is 9.93. The van der Waals surface area contributed by atoms with Gasteiger partial charge in [0, 0.05) is 17.6 Å². The van der Waals surface area contributed by atoms with Crippen LogP contribution in [0.3, 0.4) is 0 Å². The lowest BCUT2D eigenvalue weighted by Gasteiger charge is -2.19. The van der Waals surface area contributed by atoms with Crippen molar-refractivity contribution in [2.24, 2.45) is 5.41 Å². The molecule has 1 amide bonds. The van der Waals surface area contributed by atoms with Gasteiger partial charge >= 0.3 is 0 Å². The Morgan fingerprint density at radius 2 is 2.22 bits per heavy atom. The number of hydrogen-bond acceptors (Lipinski definition) is 4. The normalized spacial score (nSPS) is 21.7. The maximum atomic E-state index is 12.7. The van der Waals surface area contributed by atoms with Gasteiger partial charge in [0.15, 0.2) is 0 Å². The van der Waals surface area contributed by atoms with Crippen molar-refractivity contribution in [2.45, 2.75) is 32.1 Å². The van der Waals surface area contributed by atoms with Gasteiger partial charge in [-0.15, -0.1) is 11.3 Å². The molecule has 1 unspecified atom stereocenters. The molecule has 0 aromatic carbocycles. The minimum atomic E-state index is -0.342. The number of thiophene rings is 1. The van der Waals surface area contributed by atoms with E-state index in [1.165, 1.54) is 4.88 Å². The standard InChI is InChI=1S/C18H22N2O2S/c1-17(2)13-18(17,15-7-4-11-23-15)16(21)20-9-5-10-22-14-6-3-8-19-12-14/h3-4,6-8,11-12H,5,9-10,13H2,1-2H3,(H,20,21). The minimum Gasteiger partial charge on any atom is -0.492 e. The SMILES string of the molecule is CC1(C)CC1(C(=O)NCCCOc1cccnc1)c1cccs1. The average molecular weight is 330 g/mol. The van der Waals surface area contributed by atoms with Crippen molar-refractivity contribution in [1.82, 2.24) is 10.3 Å². The fraction of sp³-hybridized carbons (Fsp3) is 0.444. The molecule has 2 aromatic rings. The van der Waals surface area contributed by atoms with Crippen LogP contribution in [0.4, 0.5) is 0 Å². The Labute approximate surface area is 140 Å². The van der Waals surface area contributed by atoms with Crippen molar-refractivity contribution in [3.8, 4) is 5.75 Å². The van der Waals surface area contributed by atoms with Crippen LogP contribution in [0.5, 0.6) is 5.75 Å². The summed E-state index contributed by atoms with van der Waals surface area (Å²) in [6, 6.07) is 7.82. The molecule has 1 fully saturated rings. The molecule has 2 heterocycles. The third-order valence-electron chi connectivity index (χ3n) is 4.58. The molecular weight excluding hydrogens is 308 g/mol. The second-order valence-electron chi connectivity index (χ2n) is 6.59. The topological polar surface area (TPSA) is 51.2 Å². The molecule has 1 aliphatic rings. The molecule has 3 rings (SSSR count). The Hall–Kier alpha value is -1.88. The first kappa shape index (κ1) is 16.0. The van der Waals surface area contributed by atoms with Crippen molar-refractivity contribution in [1.29, 1.82) is 0 Å². The molecule has 0 aliphatic heterocycles. The van der Waals surface area contributed by atoms with E-state index in [0.717, 1.165) is 18.6 Å². The maximum absolute atomic E-state index is 12.7. The first-order valence-corrected chi connectivity index (χ1v) is 8.79. The number of nitrogens with zero attached hydrogens (tertiary/aromatic N) is 1. The molecule has 0 radical (unpaired) electrons. The number of aromatic nitrogens is 1. The summed E-state index contributed by atoms with van der Waals surface area (Å²) in [4.78, 5) is 17.9. The second-order valence-corrected chi connectivity index (χ2v) is 7.54. The maximum Gasteiger partial charge on any atom is 0.232 e. The van der Waals surface area contributed by atoms with Crippen LogP contribution in [-0.2, 0) is 10.2 Å². The van der Waals surface area contributed by atoms with E-state index in [9.17, 15) is 4.79 Å². The Kier molecular flexibility index (Phi) is 4.39. The van der Waals surface area contributed by atoms with E-state index >= 15 is 0 Å². The predicted octanol–water partition coefficient (Wildman–Crippen LogP) is 3.40. The van der Waals surface area contributed by atoms with Crippen LogP contribution < -0.4 is 10.1 Å². The van der Waals surface area contributed by atoms with Crippen LogP contribution >= 0.6 is 11.3 Å². The van der Waals surface area contributed by atoms with Gasteiger partial charge in [0.2, 0.25) is 5.91 Å². The number of amides is 1. The van der Waals surface area contributed by atoms with Gasteiger partial charge < -0.3 is 10.1 Å². The number of carbonyl (C=O) groups is 1. The lowest BCUT2D eigenvalue weighted by molar-refractivity contribution is -0.124. The zero-order valence-corrected chi connectivity index (χ0v) is 14.4. The Bertz CT molecular complexity index is 655. The highest BCUT2D eigenvalue weighted by Crippen LogP contribution is 2.65. The molecule has 1 aliphatic carbocycles. The molecule has 0 spiro atoms. The zero-order valence-electron chi connectivity index (χ0n) is 13.5. The van der Waals surface area contributed by atoms with Gasteiger partial charge in [-0.3, -0.25) is 9.78 Å². The molecule has 5 heteroatoms. The van der Waals surface area contributed by atoms with Gasteiger partial charge in [-0.25, -0.2) is 0 Å². The number of pyridine rings is 1. The highest BCUT2D eigenvalue weighted by Gasteiger charge is 2.67. The third-order valence-corrected chi connectivity index (χ3v) is 5.61. The van der Waals surface area contributed by atoms with E-state index < -0.39 is 0 Å². The molecular formula is C18H22N2O2S. The van der Waals surface area contributed by atoms with Gasteiger partial charge in [0.05, 0.1) is 18.2 Å². The first-order valence-electron chi connectivity index (χ1n) is 7.91. The summed E-state index contributed by atoms with van der Waals surface area (Å²) in [5.74, 6) is 0.906. The predicted molar refractivity (Wildman–Crippen MR) is 91.8 cm³/mol. The largest absolute Gasteiger partial charge is 0.492 e. The number of hydrogen-bond donors (Lipinski definition) is 1. The van der Waals surface area contributed by atoms with Crippen LogP contribution in [0, 0.1) is 5.41 Å². The summed E-state index contributed by atoms with van der Waals surface area (Å²) < 4.78 is 5.59. The van der Waals surface area contributed by atoms with Crippen LogP contribution in [-0.4, -0.2) is 24.0 Å². The Morgan fingerprint density at radius 3 is 2.83 bits per heavy atom. The summed E-state index contributed by atoms with van der Waals surface area (Å²) in [6.45, 7) is 5.53. The molecule has 2 aromatic heterocycles.